The molecule has 2 aliphatic rings. The Hall–Kier alpha value is 0.360. The maximum atomic E-state index is 5.68. The summed E-state index contributed by atoms with van der Waals surface area (Å²) in [6.07, 6.45) is 1.82. The molecule has 2 fully saturated rings. The van der Waals surface area contributed by atoms with Gasteiger partial charge in [0.05, 0.1) is 13.2 Å². The summed E-state index contributed by atoms with van der Waals surface area (Å²) in [6.45, 7) is 3.35. The number of fused-ring (bicyclic) bond motifs is 2. The topological polar surface area (TPSA) is 27.7 Å². The van der Waals surface area contributed by atoms with Crippen LogP contribution in [0.1, 0.15) is 19.8 Å². The van der Waals surface area contributed by atoms with Gasteiger partial charge in [0.1, 0.15) is 5.60 Å². The SMILES string of the molecule is CC12COC(CCCBr)(OC1)O2. The van der Waals surface area contributed by atoms with Crippen LogP contribution in [-0.4, -0.2) is 30.1 Å². The van der Waals surface area contributed by atoms with Crippen molar-refractivity contribution in [2.75, 3.05) is 18.5 Å². The van der Waals surface area contributed by atoms with Crippen LogP contribution in [0.2, 0.25) is 0 Å². The van der Waals surface area contributed by atoms with Crippen molar-refractivity contribution in [2.45, 2.75) is 31.3 Å². The predicted molar refractivity (Wildman–Crippen MR) is 47.2 cm³/mol. The highest BCUT2D eigenvalue weighted by atomic mass is 79.9. The molecule has 0 spiro atoms. The van der Waals surface area contributed by atoms with Crippen LogP contribution in [0.4, 0.5) is 0 Å². The molecule has 70 valence electrons. The van der Waals surface area contributed by atoms with Crippen LogP contribution >= 0.6 is 15.9 Å². The minimum absolute atomic E-state index is 0.188. The lowest BCUT2D eigenvalue weighted by Crippen LogP contribution is -2.33. The van der Waals surface area contributed by atoms with Gasteiger partial charge in [-0.15, -0.1) is 0 Å². The minimum Gasteiger partial charge on any atom is -0.324 e. The van der Waals surface area contributed by atoms with Crippen LogP contribution in [0.15, 0.2) is 0 Å². The monoisotopic (exact) mass is 236 g/mol. The molecule has 0 aromatic carbocycles. The zero-order chi connectivity index (χ0) is 8.66. The van der Waals surface area contributed by atoms with Gasteiger partial charge in [-0.3, -0.25) is 0 Å². The molecule has 3 nitrogen and oxygen atoms in total. The van der Waals surface area contributed by atoms with Crippen LogP contribution in [0.5, 0.6) is 0 Å². The second kappa shape index (κ2) is 2.94. The van der Waals surface area contributed by atoms with E-state index in [1.165, 1.54) is 0 Å². The van der Waals surface area contributed by atoms with Gasteiger partial charge in [-0.1, -0.05) is 15.9 Å². The van der Waals surface area contributed by atoms with Crippen molar-refractivity contribution >= 4 is 15.9 Å². The molecule has 2 aliphatic heterocycles. The normalized spacial score (nSPS) is 45.5. The average molecular weight is 237 g/mol. The zero-order valence-corrected chi connectivity index (χ0v) is 8.72. The molecule has 0 aliphatic carbocycles. The Morgan fingerprint density at radius 3 is 2.42 bits per heavy atom. The van der Waals surface area contributed by atoms with E-state index in [4.69, 9.17) is 14.2 Å². The van der Waals surface area contributed by atoms with Crippen LogP contribution in [0.25, 0.3) is 0 Å². The molecular formula is C8H13BrO3. The lowest BCUT2D eigenvalue weighted by atomic mass is 10.1. The summed E-state index contributed by atoms with van der Waals surface area (Å²) < 4.78 is 16.6. The highest BCUT2D eigenvalue weighted by Crippen LogP contribution is 2.42. The second-order valence-electron chi connectivity index (χ2n) is 3.60. The largest absolute Gasteiger partial charge is 0.324 e. The van der Waals surface area contributed by atoms with E-state index >= 15 is 0 Å². The molecule has 0 saturated carbocycles. The fourth-order valence-electron chi connectivity index (χ4n) is 1.58. The van der Waals surface area contributed by atoms with Crippen molar-refractivity contribution in [1.29, 1.82) is 0 Å². The fraction of sp³-hybridized carbons (Fsp3) is 1.00. The minimum atomic E-state index is -0.706. The summed E-state index contributed by atoms with van der Waals surface area (Å²) in [5.41, 5.74) is -0.188. The molecule has 0 amide bonds. The molecule has 0 unspecified atom stereocenters. The summed E-state index contributed by atoms with van der Waals surface area (Å²) in [7, 11) is 0. The lowest BCUT2D eigenvalue weighted by molar-refractivity contribution is -0.301. The van der Waals surface area contributed by atoms with Crippen molar-refractivity contribution < 1.29 is 14.2 Å². The van der Waals surface area contributed by atoms with Gasteiger partial charge in [-0.2, -0.15) is 0 Å². The molecule has 12 heavy (non-hydrogen) atoms. The van der Waals surface area contributed by atoms with E-state index in [-0.39, 0.29) is 5.60 Å². The van der Waals surface area contributed by atoms with Crippen molar-refractivity contribution in [3.8, 4) is 0 Å². The second-order valence-corrected chi connectivity index (χ2v) is 4.40. The number of alkyl halides is 1. The predicted octanol–water partition coefficient (Wildman–Crippen LogP) is 1.65. The molecule has 2 heterocycles. The van der Waals surface area contributed by atoms with Gasteiger partial charge in [0.25, 0.3) is 5.97 Å². The van der Waals surface area contributed by atoms with Crippen molar-refractivity contribution in [3.05, 3.63) is 0 Å². The highest BCUT2D eigenvalue weighted by molar-refractivity contribution is 9.09. The van der Waals surface area contributed by atoms with Crippen LogP contribution in [-0.2, 0) is 14.2 Å². The first-order valence-electron chi connectivity index (χ1n) is 4.22. The Morgan fingerprint density at radius 2 is 2.00 bits per heavy atom. The Balaban J connectivity index is 1.96. The van der Waals surface area contributed by atoms with Gasteiger partial charge in [-0.25, -0.2) is 0 Å². The van der Waals surface area contributed by atoms with Gasteiger partial charge in [0.2, 0.25) is 0 Å². The molecule has 0 atom stereocenters. The van der Waals surface area contributed by atoms with Gasteiger partial charge >= 0.3 is 0 Å². The number of ether oxygens (including phenoxy) is 3. The first kappa shape index (κ1) is 8.94. The van der Waals surface area contributed by atoms with Crippen LogP contribution in [0, 0.1) is 0 Å². The molecular weight excluding hydrogens is 224 g/mol. The van der Waals surface area contributed by atoms with Gasteiger partial charge < -0.3 is 14.2 Å². The molecule has 2 rings (SSSR count). The maximum Gasteiger partial charge on any atom is 0.283 e. The van der Waals surface area contributed by atoms with E-state index < -0.39 is 5.97 Å². The number of rotatable bonds is 3. The third kappa shape index (κ3) is 1.41. The zero-order valence-electron chi connectivity index (χ0n) is 7.14. The van der Waals surface area contributed by atoms with Gasteiger partial charge in [0, 0.05) is 11.8 Å². The quantitative estimate of drug-likeness (QED) is 0.698. The molecule has 2 saturated heterocycles. The number of hydrogen-bond acceptors (Lipinski definition) is 3. The van der Waals surface area contributed by atoms with E-state index in [0.29, 0.717) is 13.2 Å². The smallest absolute Gasteiger partial charge is 0.283 e. The van der Waals surface area contributed by atoms with Crippen molar-refractivity contribution in [1.82, 2.24) is 0 Å². The maximum absolute atomic E-state index is 5.68. The molecule has 4 heteroatoms. The van der Waals surface area contributed by atoms with Crippen molar-refractivity contribution in [2.24, 2.45) is 0 Å². The Kier molecular flexibility index (Phi) is 2.19. The highest BCUT2D eigenvalue weighted by Gasteiger charge is 2.55. The van der Waals surface area contributed by atoms with Gasteiger partial charge in [0.15, 0.2) is 0 Å². The summed E-state index contributed by atoms with van der Waals surface area (Å²) in [5.74, 6) is -0.706. The lowest BCUT2D eigenvalue weighted by Gasteiger charge is -2.23. The Labute approximate surface area is 80.5 Å². The fourth-order valence-corrected chi connectivity index (χ4v) is 1.86. The van der Waals surface area contributed by atoms with E-state index in [2.05, 4.69) is 15.9 Å². The summed E-state index contributed by atoms with van der Waals surface area (Å²) in [6, 6.07) is 0. The first-order valence-corrected chi connectivity index (χ1v) is 5.34. The number of halogens is 1. The summed E-state index contributed by atoms with van der Waals surface area (Å²) in [4.78, 5) is 0. The first-order chi connectivity index (χ1) is 5.68. The van der Waals surface area contributed by atoms with Crippen molar-refractivity contribution in [3.63, 3.8) is 0 Å². The standard InChI is InChI=1S/C8H13BrO3/c1-7-5-10-8(12-7,11-6-7)3-2-4-9/h2-6H2,1H3. The Bertz CT molecular complexity index is 175. The molecule has 0 aromatic heterocycles. The van der Waals surface area contributed by atoms with E-state index in [1.54, 1.807) is 0 Å². The van der Waals surface area contributed by atoms with E-state index in [0.717, 1.165) is 18.2 Å². The third-order valence-electron chi connectivity index (χ3n) is 2.21. The molecule has 2 bridgehead atoms. The third-order valence-corrected chi connectivity index (χ3v) is 2.77. The number of hydrogen-bond donors (Lipinski definition) is 0. The molecule has 0 radical (unpaired) electrons. The Morgan fingerprint density at radius 1 is 1.33 bits per heavy atom. The van der Waals surface area contributed by atoms with Gasteiger partial charge in [-0.05, 0) is 13.3 Å². The van der Waals surface area contributed by atoms with Crippen LogP contribution < -0.4 is 0 Å². The summed E-state index contributed by atoms with van der Waals surface area (Å²) >= 11 is 3.37. The van der Waals surface area contributed by atoms with Crippen LogP contribution in [0.3, 0.4) is 0 Å². The van der Waals surface area contributed by atoms with E-state index in [9.17, 15) is 0 Å². The molecule has 0 aromatic rings. The summed E-state index contributed by atoms with van der Waals surface area (Å²) in [5, 5.41) is 0.960. The molecule has 0 N–H and O–H groups in total. The average Bonchev–Trinajstić information content (AvgIpc) is 2.55. The van der Waals surface area contributed by atoms with E-state index in [1.807, 2.05) is 6.92 Å².